The highest BCUT2D eigenvalue weighted by atomic mass is 32.2. The summed E-state index contributed by atoms with van der Waals surface area (Å²) in [7, 11) is 3.29. The van der Waals surface area contributed by atoms with E-state index < -0.39 is 0 Å². The number of thioether (sulfide) groups is 1. The van der Waals surface area contributed by atoms with Crippen molar-refractivity contribution in [3.8, 4) is 16.9 Å². The lowest BCUT2D eigenvalue weighted by Crippen LogP contribution is -2.02. The third kappa shape index (κ3) is 4.11. The minimum Gasteiger partial charge on any atom is -0.465 e. The van der Waals surface area contributed by atoms with Gasteiger partial charge in [0.2, 0.25) is 0 Å². The average Bonchev–Trinajstić information content (AvgIpc) is 3.43. The molecule has 9 heteroatoms. The molecule has 0 aliphatic carbocycles. The highest BCUT2D eigenvalue weighted by Crippen LogP contribution is 2.33. The van der Waals surface area contributed by atoms with Crippen LogP contribution in [0.5, 0.6) is 0 Å². The monoisotopic (exact) mass is 420 g/mol. The van der Waals surface area contributed by atoms with E-state index in [0.29, 0.717) is 11.3 Å². The molecule has 0 fully saturated rings. The number of methoxy groups -OCH3 is 1. The molecule has 2 aromatic heterocycles. The van der Waals surface area contributed by atoms with Crippen molar-refractivity contribution >= 4 is 17.7 Å². The fourth-order valence-electron chi connectivity index (χ4n) is 2.95. The maximum atomic E-state index is 11.8. The molecule has 1 atom stereocenters. The van der Waals surface area contributed by atoms with Gasteiger partial charge >= 0.3 is 5.97 Å². The number of aromatic nitrogens is 6. The Kier molecular flexibility index (Phi) is 5.62. The Labute approximate surface area is 177 Å². The number of hydrogen-bond acceptors (Lipinski definition) is 7. The van der Waals surface area contributed by atoms with Crippen molar-refractivity contribution in [3.05, 3.63) is 72.2 Å². The van der Waals surface area contributed by atoms with Gasteiger partial charge in [-0.05, 0) is 36.8 Å². The molecule has 0 unspecified atom stereocenters. The number of hydrogen-bond donors (Lipinski definition) is 0. The summed E-state index contributed by atoms with van der Waals surface area (Å²) in [5, 5.41) is 18.1. The van der Waals surface area contributed by atoms with Gasteiger partial charge in [-0.3, -0.25) is 0 Å². The van der Waals surface area contributed by atoms with Crippen molar-refractivity contribution in [1.82, 2.24) is 29.8 Å². The van der Waals surface area contributed by atoms with E-state index in [1.54, 1.807) is 47.3 Å². The van der Waals surface area contributed by atoms with Crippen molar-refractivity contribution in [2.45, 2.75) is 17.3 Å². The van der Waals surface area contributed by atoms with Crippen LogP contribution < -0.4 is 0 Å². The molecule has 0 aliphatic heterocycles. The summed E-state index contributed by atoms with van der Waals surface area (Å²) in [5.41, 5.74) is 3.93. The lowest BCUT2D eigenvalue weighted by Gasteiger charge is -2.12. The summed E-state index contributed by atoms with van der Waals surface area (Å²) in [6.45, 7) is 2.12. The zero-order valence-electron chi connectivity index (χ0n) is 16.8. The van der Waals surface area contributed by atoms with E-state index in [4.69, 9.17) is 4.74 Å². The van der Waals surface area contributed by atoms with Gasteiger partial charge in [-0.1, -0.05) is 36.0 Å². The molecule has 0 radical (unpaired) electrons. The van der Waals surface area contributed by atoms with Crippen molar-refractivity contribution < 1.29 is 9.53 Å². The minimum absolute atomic E-state index is 0.180. The van der Waals surface area contributed by atoms with Crippen LogP contribution >= 0.6 is 11.8 Å². The third-order valence-corrected chi connectivity index (χ3v) is 5.80. The van der Waals surface area contributed by atoms with E-state index in [1.807, 2.05) is 29.8 Å². The number of carbonyl (C=O) groups is 1. The van der Waals surface area contributed by atoms with Gasteiger partial charge in [0.15, 0.2) is 5.16 Å². The number of rotatable bonds is 6. The highest BCUT2D eigenvalue weighted by Gasteiger charge is 2.14. The van der Waals surface area contributed by atoms with E-state index >= 15 is 0 Å². The van der Waals surface area contributed by atoms with E-state index in [0.717, 1.165) is 22.0 Å². The number of carbonyl (C=O) groups excluding carboxylic acids is 1. The Hall–Kier alpha value is -3.46. The van der Waals surface area contributed by atoms with Crippen LogP contribution in [0.15, 0.2) is 66.2 Å². The molecular weight excluding hydrogens is 400 g/mol. The van der Waals surface area contributed by atoms with Gasteiger partial charge in [-0.25, -0.2) is 4.79 Å². The molecule has 2 heterocycles. The van der Waals surface area contributed by atoms with Gasteiger partial charge in [-0.15, -0.1) is 15.3 Å². The molecule has 0 N–H and O–H groups in total. The molecular formula is C21H20N6O2S. The fraction of sp³-hybridized carbons (Fsp3) is 0.190. The van der Waals surface area contributed by atoms with Crippen LogP contribution in [-0.4, -0.2) is 42.8 Å². The summed E-state index contributed by atoms with van der Waals surface area (Å²) in [5.74, 6) is -0.383. The second kappa shape index (κ2) is 8.50. The lowest BCUT2D eigenvalue weighted by atomic mass is 10.1. The largest absolute Gasteiger partial charge is 0.465 e. The Balaban J connectivity index is 1.57. The van der Waals surface area contributed by atoms with Gasteiger partial charge in [0.05, 0.1) is 24.6 Å². The molecule has 0 spiro atoms. The van der Waals surface area contributed by atoms with Gasteiger partial charge in [0.1, 0.15) is 12.0 Å². The topological polar surface area (TPSA) is 87.7 Å². The Morgan fingerprint density at radius 1 is 1.17 bits per heavy atom. The molecule has 8 nitrogen and oxygen atoms in total. The maximum absolute atomic E-state index is 11.8. The van der Waals surface area contributed by atoms with Crippen molar-refractivity contribution in [2.75, 3.05) is 7.11 Å². The van der Waals surface area contributed by atoms with Crippen LogP contribution in [0.3, 0.4) is 0 Å². The SMILES string of the molecule is COC(=O)c1cccc(-c2cnn(-c3cccc([C@H](C)Sc4nncn4C)c3)n2)c1. The van der Waals surface area contributed by atoms with E-state index in [-0.39, 0.29) is 11.2 Å². The first-order chi connectivity index (χ1) is 14.5. The average molecular weight is 420 g/mol. The predicted octanol–water partition coefficient (Wildman–Crippen LogP) is 3.70. The smallest absolute Gasteiger partial charge is 0.337 e. The van der Waals surface area contributed by atoms with E-state index in [1.165, 1.54) is 7.11 Å². The van der Waals surface area contributed by atoms with Gasteiger partial charge in [0, 0.05) is 17.9 Å². The summed E-state index contributed by atoms with van der Waals surface area (Å²) < 4.78 is 6.69. The quantitative estimate of drug-likeness (QED) is 0.347. The molecule has 2 aromatic carbocycles. The second-order valence-corrected chi connectivity index (χ2v) is 7.98. The minimum atomic E-state index is -0.383. The Bertz CT molecular complexity index is 1190. The first-order valence-corrected chi connectivity index (χ1v) is 10.1. The number of nitrogens with zero attached hydrogens (tertiary/aromatic N) is 6. The lowest BCUT2D eigenvalue weighted by molar-refractivity contribution is 0.0601. The highest BCUT2D eigenvalue weighted by molar-refractivity contribution is 7.99. The Morgan fingerprint density at radius 3 is 2.77 bits per heavy atom. The second-order valence-electron chi connectivity index (χ2n) is 6.67. The molecule has 152 valence electrons. The molecule has 0 amide bonds. The predicted molar refractivity (Wildman–Crippen MR) is 113 cm³/mol. The first-order valence-electron chi connectivity index (χ1n) is 9.27. The summed E-state index contributed by atoms with van der Waals surface area (Å²) >= 11 is 1.64. The van der Waals surface area contributed by atoms with Gasteiger partial charge in [-0.2, -0.15) is 9.90 Å². The summed E-state index contributed by atoms with van der Waals surface area (Å²) in [6, 6.07) is 15.2. The van der Waals surface area contributed by atoms with Crippen molar-refractivity contribution in [2.24, 2.45) is 7.05 Å². The van der Waals surface area contributed by atoms with E-state index in [9.17, 15) is 4.79 Å². The molecule has 4 aromatic rings. The zero-order chi connectivity index (χ0) is 21.1. The Morgan fingerprint density at radius 2 is 2.00 bits per heavy atom. The van der Waals surface area contributed by atoms with Crippen LogP contribution in [0.25, 0.3) is 16.9 Å². The van der Waals surface area contributed by atoms with Crippen molar-refractivity contribution in [3.63, 3.8) is 0 Å². The normalized spacial score (nSPS) is 12.0. The molecule has 4 rings (SSSR count). The molecule has 0 aliphatic rings. The summed E-state index contributed by atoms with van der Waals surface area (Å²) in [6.07, 6.45) is 3.37. The van der Waals surface area contributed by atoms with Crippen molar-refractivity contribution in [1.29, 1.82) is 0 Å². The van der Waals surface area contributed by atoms with Gasteiger partial charge < -0.3 is 9.30 Å². The zero-order valence-corrected chi connectivity index (χ0v) is 17.6. The number of esters is 1. The number of aryl methyl sites for hydroxylation is 1. The molecule has 0 saturated heterocycles. The standard InChI is InChI=1S/C21H20N6O2S/c1-14(30-21-24-22-13-26(21)2)15-6-5-9-18(11-15)27-23-12-19(25-27)16-7-4-8-17(10-16)20(28)29-3/h4-14H,1-3H3/t14-/m0/s1. The molecule has 30 heavy (non-hydrogen) atoms. The fourth-order valence-corrected chi connectivity index (χ4v) is 3.86. The number of benzene rings is 2. The molecule has 0 saturated carbocycles. The third-order valence-electron chi connectivity index (χ3n) is 4.59. The van der Waals surface area contributed by atoms with Crippen LogP contribution in [0, 0.1) is 0 Å². The van der Waals surface area contributed by atoms with Crippen LogP contribution in [0.2, 0.25) is 0 Å². The maximum Gasteiger partial charge on any atom is 0.337 e. The van der Waals surface area contributed by atoms with Crippen LogP contribution in [0.4, 0.5) is 0 Å². The first kappa shape index (κ1) is 19.8. The molecule has 0 bridgehead atoms. The van der Waals surface area contributed by atoms with Crippen LogP contribution in [-0.2, 0) is 11.8 Å². The van der Waals surface area contributed by atoms with Gasteiger partial charge in [0.25, 0.3) is 0 Å². The van der Waals surface area contributed by atoms with Crippen LogP contribution in [0.1, 0.15) is 28.1 Å². The number of ether oxygens (including phenoxy) is 1. The summed E-state index contributed by atoms with van der Waals surface area (Å²) in [4.78, 5) is 13.4. The van der Waals surface area contributed by atoms with E-state index in [2.05, 4.69) is 39.5 Å².